The molecular formula is C28H21NO4. The molecule has 1 saturated carbocycles. The lowest BCUT2D eigenvalue weighted by Crippen LogP contribution is -2.32. The van der Waals surface area contributed by atoms with Crippen LogP contribution in [-0.2, 0) is 9.59 Å². The molecule has 0 radical (unpaired) electrons. The second-order valence-electron chi connectivity index (χ2n) is 8.81. The van der Waals surface area contributed by atoms with Gasteiger partial charge in [0.1, 0.15) is 5.75 Å². The number of ether oxygens (including phenoxy) is 1. The zero-order valence-electron chi connectivity index (χ0n) is 17.8. The van der Waals surface area contributed by atoms with Gasteiger partial charge in [-0.2, -0.15) is 0 Å². The molecule has 2 aliphatic carbocycles. The van der Waals surface area contributed by atoms with Crippen molar-refractivity contribution in [2.75, 3.05) is 4.90 Å². The predicted octanol–water partition coefficient (Wildman–Crippen LogP) is 4.88. The fourth-order valence-electron chi connectivity index (χ4n) is 5.47. The molecule has 2 amide bonds. The van der Waals surface area contributed by atoms with Crippen molar-refractivity contribution in [3.05, 3.63) is 96.6 Å². The zero-order chi connectivity index (χ0) is 22.5. The van der Waals surface area contributed by atoms with Gasteiger partial charge in [-0.3, -0.25) is 14.5 Å². The largest absolute Gasteiger partial charge is 0.422 e. The molecule has 0 N–H and O–H groups in total. The van der Waals surface area contributed by atoms with Crippen LogP contribution >= 0.6 is 0 Å². The van der Waals surface area contributed by atoms with E-state index in [0.717, 1.165) is 17.5 Å². The molecule has 6 rings (SSSR count). The number of amides is 2. The van der Waals surface area contributed by atoms with Crippen molar-refractivity contribution >= 4 is 23.5 Å². The number of carbonyl (C=O) groups excluding carboxylic acids is 3. The maximum Gasteiger partial charge on any atom is 0.343 e. The van der Waals surface area contributed by atoms with E-state index in [1.165, 1.54) is 4.90 Å². The minimum absolute atomic E-state index is 0.131. The molecule has 2 fully saturated rings. The topological polar surface area (TPSA) is 63.7 Å². The summed E-state index contributed by atoms with van der Waals surface area (Å²) < 4.78 is 5.70. The average molecular weight is 435 g/mol. The van der Waals surface area contributed by atoms with E-state index >= 15 is 0 Å². The Balaban J connectivity index is 1.22. The monoisotopic (exact) mass is 435 g/mol. The molecule has 4 atom stereocenters. The molecular weight excluding hydrogens is 414 g/mol. The summed E-state index contributed by atoms with van der Waals surface area (Å²) in [5, 5.41) is 0. The van der Waals surface area contributed by atoms with E-state index in [-0.39, 0.29) is 35.5 Å². The fraction of sp³-hybridized carbons (Fsp3) is 0.179. The van der Waals surface area contributed by atoms with Crippen LogP contribution in [0.5, 0.6) is 5.75 Å². The van der Waals surface area contributed by atoms with Gasteiger partial charge in [-0.1, -0.05) is 60.7 Å². The van der Waals surface area contributed by atoms with Gasteiger partial charge < -0.3 is 4.74 Å². The SMILES string of the molecule is O=C(Oc1ccccc1-c1ccccc1)c1ccc(N2C(=O)[C@H]3[C@H](C2=O)[C@H]2C=C[C@H]3C2)cc1. The summed E-state index contributed by atoms with van der Waals surface area (Å²) in [6, 6.07) is 23.6. The van der Waals surface area contributed by atoms with Crippen LogP contribution in [0.1, 0.15) is 16.8 Å². The Kier molecular flexibility index (Phi) is 4.50. The molecule has 5 nitrogen and oxygen atoms in total. The van der Waals surface area contributed by atoms with Crippen LogP contribution in [-0.4, -0.2) is 17.8 Å². The van der Waals surface area contributed by atoms with E-state index < -0.39 is 5.97 Å². The summed E-state index contributed by atoms with van der Waals surface area (Å²) in [7, 11) is 0. The molecule has 1 aliphatic heterocycles. The van der Waals surface area contributed by atoms with E-state index in [9.17, 15) is 14.4 Å². The van der Waals surface area contributed by atoms with Crippen molar-refractivity contribution < 1.29 is 19.1 Å². The maximum atomic E-state index is 13.0. The number of imide groups is 1. The van der Waals surface area contributed by atoms with Gasteiger partial charge in [-0.25, -0.2) is 4.79 Å². The van der Waals surface area contributed by atoms with Gasteiger partial charge in [-0.05, 0) is 54.2 Å². The van der Waals surface area contributed by atoms with Gasteiger partial charge in [0.2, 0.25) is 11.8 Å². The van der Waals surface area contributed by atoms with Crippen molar-refractivity contribution in [2.45, 2.75) is 6.42 Å². The first-order chi connectivity index (χ1) is 16.1. The smallest absolute Gasteiger partial charge is 0.343 e. The van der Waals surface area contributed by atoms with Crippen molar-refractivity contribution in [2.24, 2.45) is 23.7 Å². The van der Waals surface area contributed by atoms with E-state index in [0.29, 0.717) is 17.0 Å². The molecule has 2 bridgehead atoms. The van der Waals surface area contributed by atoms with Crippen LogP contribution in [0.25, 0.3) is 11.1 Å². The molecule has 0 spiro atoms. The number of hydrogen-bond donors (Lipinski definition) is 0. The number of carbonyl (C=O) groups is 3. The van der Waals surface area contributed by atoms with Gasteiger partial charge >= 0.3 is 5.97 Å². The Morgan fingerprint density at radius 2 is 1.36 bits per heavy atom. The first-order valence-corrected chi connectivity index (χ1v) is 11.1. The maximum absolute atomic E-state index is 13.0. The summed E-state index contributed by atoms with van der Waals surface area (Å²) >= 11 is 0. The first-order valence-electron chi connectivity index (χ1n) is 11.1. The number of rotatable bonds is 4. The highest BCUT2D eigenvalue weighted by molar-refractivity contribution is 6.22. The normalized spacial score (nSPS) is 24.9. The third-order valence-electron chi connectivity index (χ3n) is 7.01. The van der Waals surface area contributed by atoms with E-state index in [4.69, 9.17) is 4.74 Å². The van der Waals surface area contributed by atoms with Crippen molar-refractivity contribution in [3.63, 3.8) is 0 Å². The van der Waals surface area contributed by atoms with Crippen LogP contribution in [0.4, 0.5) is 5.69 Å². The molecule has 5 heteroatoms. The number of para-hydroxylation sites is 1. The van der Waals surface area contributed by atoms with Crippen LogP contribution in [0.2, 0.25) is 0 Å². The Morgan fingerprint density at radius 3 is 2.03 bits per heavy atom. The van der Waals surface area contributed by atoms with Gasteiger partial charge in [0.25, 0.3) is 0 Å². The molecule has 33 heavy (non-hydrogen) atoms. The molecule has 3 aliphatic rings. The molecule has 162 valence electrons. The molecule has 0 aromatic heterocycles. The Hall–Kier alpha value is -3.99. The van der Waals surface area contributed by atoms with Gasteiger partial charge in [0, 0.05) is 5.56 Å². The average Bonchev–Trinajstić information content (AvgIpc) is 3.54. The lowest BCUT2D eigenvalue weighted by Gasteiger charge is -2.17. The van der Waals surface area contributed by atoms with Gasteiger partial charge in [0.15, 0.2) is 0 Å². The van der Waals surface area contributed by atoms with Crippen LogP contribution in [0.3, 0.4) is 0 Å². The molecule has 3 aromatic carbocycles. The fourth-order valence-corrected chi connectivity index (χ4v) is 5.47. The van der Waals surface area contributed by atoms with Gasteiger partial charge in [0.05, 0.1) is 23.1 Å². The number of anilines is 1. The highest BCUT2D eigenvalue weighted by Crippen LogP contribution is 2.53. The number of esters is 1. The lowest BCUT2D eigenvalue weighted by molar-refractivity contribution is -0.123. The number of fused-ring (bicyclic) bond motifs is 5. The minimum atomic E-state index is -0.497. The van der Waals surface area contributed by atoms with Crippen molar-refractivity contribution in [1.29, 1.82) is 0 Å². The summed E-state index contributed by atoms with van der Waals surface area (Å²) in [5.41, 5.74) is 2.63. The molecule has 1 heterocycles. The second-order valence-corrected chi connectivity index (χ2v) is 8.81. The van der Waals surface area contributed by atoms with E-state index in [1.807, 2.05) is 48.5 Å². The number of benzene rings is 3. The zero-order valence-corrected chi connectivity index (χ0v) is 17.8. The molecule has 0 unspecified atom stereocenters. The molecule has 1 saturated heterocycles. The standard InChI is InChI=1S/C28H21NO4/c30-26-24-19-10-11-20(16-19)25(24)27(31)29(26)21-14-12-18(13-15-21)28(32)33-23-9-5-4-8-22(23)17-6-2-1-3-7-17/h1-15,19-20,24-25H,16H2/t19-,20-,24+,25+/m0/s1. The summed E-state index contributed by atoms with van der Waals surface area (Å²) in [5.74, 6) is -0.441. The van der Waals surface area contributed by atoms with Crippen LogP contribution in [0, 0.1) is 23.7 Å². The second kappa shape index (κ2) is 7.55. The quantitative estimate of drug-likeness (QED) is 0.254. The number of allylic oxidation sites excluding steroid dienone is 2. The highest BCUT2D eigenvalue weighted by atomic mass is 16.5. The first kappa shape index (κ1) is 19.7. The summed E-state index contributed by atoms with van der Waals surface area (Å²) in [6.45, 7) is 0. The Bertz CT molecular complexity index is 1260. The van der Waals surface area contributed by atoms with Crippen LogP contribution in [0.15, 0.2) is 91.0 Å². The third kappa shape index (κ3) is 3.11. The third-order valence-corrected chi connectivity index (χ3v) is 7.01. The van der Waals surface area contributed by atoms with Crippen molar-refractivity contribution in [3.8, 4) is 16.9 Å². The highest BCUT2D eigenvalue weighted by Gasteiger charge is 2.59. The lowest BCUT2D eigenvalue weighted by atomic mass is 9.85. The van der Waals surface area contributed by atoms with E-state index in [1.54, 1.807) is 30.3 Å². The van der Waals surface area contributed by atoms with Crippen molar-refractivity contribution in [1.82, 2.24) is 0 Å². The minimum Gasteiger partial charge on any atom is -0.422 e. The number of nitrogens with zero attached hydrogens (tertiary/aromatic N) is 1. The predicted molar refractivity (Wildman–Crippen MR) is 123 cm³/mol. The summed E-state index contributed by atoms with van der Waals surface area (Å²) in [4.78, 5) is 40.1. The summed E-state index contributed by atoms with van der Waals surface area (Å²) in [6.07, 6.45) is 5.05. The number of hydrogen-bond acceptors (Lipinski definition) is 4. The van der Waals surface area contributed by atoms with Crippen LogP contribution < -0.4 is 9.64 Å². The Morgan fingerprint density at radius 1 is 0.758 bits per heavy atom. The Labute approximate surface area is 191 Å². The van der Waals surface area contributed by atoms with E-state index in [2.05, 4.69) is 12.2 Å². The molecule has 3 aromatic rings. The van der Waals surface area contributed by atoms with Gasteiger partial charge in [-0.15, -0.1) is 0 Å².